The molecule has 1 fully saturated rings. The Morgan fingerprint density at radius 1 is 1.07 bits per heavy atom. The Morgan fingerprint density at radius 2 is 1.79 bits per heavy atom. The van der Waals surface area contributed by atoms with Crippen molar-refractivity contribution in [3.63, 3.8) is 0 Å². The van der Waals surface area contributed by atoms with Gasteiger partial charge in [-0.2, -0.15) is 5.26 Å². The van der Waals surface area contributed by atoms with Crippen molar-refractivity contribution < 1.29 is 14.3 Å². The highest BCUT2D eigenvalue weighted by Gasteiger charge is 2.26. The van der Waals surface area contributed by atoms with Gasteiger partial charge in [0.15, 0.2) is 0 Å². The molecule has 0 aromatic heterocycles. The largest absolute Gasteiger partial charge is 0.376 e. The van der Waals surface area contributed by atoms with Crippen molar-refractivity contribution in [3.8, 4) is 6.07 Å². The van der Waals surface area contributed by atoms with Gasteiger partial charge in [0.1, 0.15) is 0 Å². The summed E-state index contributed by atoms with van der Waals surface area (Å²) in [7, 11) is 0. The summed E-state index contributed by atoms with van der Waals surface area (Å²) >= 11 is 6.03. The van der Waals surface area contributed by atoms with Crippen LogP contribution in [0.15, 0.2) is 48.5 Å². The maximum Gasteiger partial charge on any atom is 0.252 e. The van der Waals surface area contributed by atoms with Crippen LogP contribution in [0, 0.1) is 17.2 Å². The van der Waals surface area contributed by atoms with Gasteiger partial charge in [0.2, 0.25) is 0 Å². The van der Waals surface area contributed by atoms with Crippen molar-refractivity contribution in [1.82, 2.24) is 10.6 Å². The number of nitrogens with zero attached hydrogens (tertiary/aromatic N) is 1. The molecule has 0 spiro atoms. The zero-order valence-electron chi connectivity index (χ0n) is 15.2. The van der Waals surface area contributed by atoms with Crippen molar-refractivity contribution in [2.75, 3.05) is 19.7 Å². The molecule has 3 rings (SSSR count). The van der Waals surface area contributed by atoms with Gasteiger partial charge < -0.3 is 15.4 Å². The Morgan fingerprint density at radius 3 is 2.50 bits per heavy atom. The molecule has 6 nitrogen and oxygen atoms in total. The quantitative estimate of drug-likeness (QED) is 0.784. The maximum absolute atomic E-state index is 12.2. The van der Waals surface area contributed by atoms with Crippen molar-refractivity contribution in [2.24, 2.45) is 5.92 Å². The molecule has 0 radical (unpaired) electrons. The van der Waals surface area contributed by atoms with Crippen molar-refractivity contribution >= 4 is 23.4 Å². The van der Waals surface area contributed by atoms with Gasteiger partial charge in [0, 0.05) is 24.6 Å². The van der Waals surface area contributed by atoms with Crippen LogP contribution < -0.4 is 10.6 Å². The molecule has 1 aliphatic rings. The molecule has 1 aliphatic heterocycles. The molecule has 2 atom stereocenters. The number of carbonyl (C=O) groups excluding carboxylic acids is 2. The van der Waals surface area contributed by atoms with E-state index in [2.05, 4.69) is 10.6 Å². The molecule has 0 aliphatic carbocycles. The molecule has 0 saturated carbocycles. The summed E-state index contributed by atoms with van der Waals surface area (Å²) in [6.45, 7) is 1.41. The smallest absolute Gasteiger partial charge is 0.252 e. The fourth-order valence-electron chi connectivity index (χ4n) is 3.05. The van der Waals surface area contributed by atoms with E-state index in [1.165, 1.54) is 0 Å². The van der Waals surface area contributed by atoms with Crippen LogP contribution in [0.1, 0.15) is 32.7 Å². The van der Waals surface area contributed by atoms with Crippen molar-refractivity contribution in [3.05, 3.63) is 70.2 Å². The summed E-state index contributed by atoms with van der Waals surface area (Å²) < 4.78 is 5.72. The van der Waals surface area contributed by atoms with E-state index in [0.29, 0.717) is 41.4 Å². The molecule has 2 unspecified atom stereocenters. The van der Waals surface area contributed by atoms with Gasteiger partial charge in [-0.15, -0.1) is 0 Å². The number of halogens is 1. The summed E-state index contributed by atoms with van der Waals surface area (Å²) in [4.78, 5) is 24.4. The van der Waals surface area contributed by atoms with E-state index in [1.807, 2.05) is 6.07 Å². The van der Waals surface area contributed by atoms with E-state index in [1.54, 1.807) is 48.5 Å². The summed E-state index contributed by atoms with van der Waals surface area (Å²) in [6, 6.07) is 15.4. The molecule has 1 heterocycles. The lowest BCUT2D eigenvalue weighted by atomic mass is 10.1. The Labute approximate surface area is 168 Å². The van der Waals surface area contributed by atoms with E-state index in [4.69, 9.17) is 21.6 Å². The molecule has 28 heavy (non-hydrogen) atoms. The third-order valence-corrected chi connectivity index (χ3v) is 4.93. The van der Waals surface area contributed by atoms with Gasteiger partial charge >= 0.3 is 0 Å². The van der Waals surface area contributed by atoms with Gasteiger partial charge in [0.05, 0.1) is 34.9 Å². The maximum atomic E-state index is 12.2. The first kappa shape index (κ1) is 19.9. The molecule has 2 aromatic rings. The fourth-order valence-corrected chi connectivity index (χ4v) is 3.27. The van der Waals surface area contributed by atoms with Gasteiger partial charge in [0.25, 0.3) is 11.8 Å². The zero-order chi connectivity index (χ0) is 19.9. The van der Waals surface area contributed by atoms with Crippen LogP contribution in [0.3, 0.4) is 0 Å². The van der Waals surface area contributed by atoms with Crippen molar-refractivity contribution in [1.29, 1.82) is 5.26 Å². The Hall–Kier alpha value is -2.88. The second-order valence-corrected chi connectivity index (χ2v) is 7.05. The summed E-state index contributed by atoms with van der Waals surface area (Å²) in [5.41, 5.74) is 1.47. The molecule has 2 amide bonds. The lowest BCUT2D eigenvalue weighted by Gasteiger charge is -2.12. The lowest BCUT2D eigenvalue weighted by Crippen LogP contribution is -2.32. The minimum Gasteiger partial charge on any atom is -0.376 e. The third kappa shape index (κ3) is 5.10. The molecule has 144 valence electrons. The normalized spacial score (nSPS) is 18.3. The lowest BCUT2D eigenvalue weighted by molar-refractivity contribution is 0.0843. The van der Waals surface area contributed by atoms with Crippen LogP contribution in [0.2, 0.25) is 5.02 Å². The van der Waals surface area contributed by atoms with Gasteiger partial charge in [-0.25, -0.2) is 0 Å². The second kappa shape index (κ2) is 9.36. The van der Waals surface area contributed by atoms with E-state index >= 15 is 0 Å². The molecular formula is C21H20ClN3O3. The average Bonchev–Trinajstić information content (AvgIpc) is 3.18. The molecular weight excluding hydrogens is 378 g/mol. The number of hydrogen-bond donors (Lipinski definition) is 2. The second-order valence-electron chi connectivity index (χ2n) is 6.65. The number of ether oxygens (including phenoxy) is 1. The molecule has 1 saturated heterocycles. The fraction of sp³-hybridized carbons (Fsp3) is 0.286. The first-order valence-electron chi connectivity index (χ1n) is 8.99. The van der Waals surface area contributed by atoms with Gasteiger partial charge in [-0.05, 0) is 42.8 Å². The molecule has 2 N–H and O–H groups in total. The Kier molecular flexibility index (Phi) is 6.64. The van der Waals surface area contributed by atoms with Crippen LogP contribution in [0.4, 0.5) is 0 Å². The van der Waals surface area contributed by atoms with Crippen LogP contribution in [-0.4, -0.2) is 37.6 Å². The highest BCUT2D eigenvalue weighted by molar-refractivity contribution is 6.33. The molecule has 0 bridgehead atoms. The topological polar surface area (TPSA) is 91.2 Å². The van der Waals surface area contributed by atoms with Crippen molar-refractivity contribution in [2.45, 2.75) is 12.5 Å². The first-order chi connectivity index (χ1) is 13.6. The van der Waals surface area contributed by atoms with Crippen LogP contribution in [-0.2, 0) is 4.74 Å². The third-order valence-electron chi connectivity index (χ3n) is 4.60. The number of nitrogens with one attached hydrogen (secondary N) is 2. The standard InChI is InChI=1S/C21H20ClN3O3/c22-19-4-2-1-3-18(19)21(27)25-12-17-9-15(13-28-17)11-24-20(26)16-7-5-14(10-23)6-8-16/h1-8,15,17H,9,11-13H2,(H,24,26)(H,25,27). The Bertz CT molecular complexity index is 893. The van der Waals surface area contributed by atoms with E-state index in [0.717, 1.165) is 6.42 Å². The number of carbonyl (C=O) groups is 2. The number of rotatable bonds is 6. The minimum atomic E-state index is -0.230. The summed E-state index contributed by atoms with van der Waals surface area (Å²) in [5.74, 6) is -0.226. The van der Waals surface area contributed by atoms with E-state index in [-0.39, 0.29) is 23.8 Å². The predicted octanol–water partition coefficient (Wildman–Crippen LogP) is 2.78. The highest BCUT2D eigenvalue weighted by atomic mass is 35.5. The first-order valence-corrected chi connectivity index (χ1v) is 9.37. The number of hydrogen-bond acceptors (Lipinski definition) is 4. The zero-order valence-corrected chi connectivity index (χ0v) is 15.9. The van der Waals surface area contributed by atoms with E-state index < -0.39 is 0 Å². The van der Waals surface area contributed by atoms with E-state index in [9.17, 15) is 9.59 Å². The van der Waals surface area contributed by atoms with Gasteiger partial charge in [-0.3, -0.25) is 9.59 Å². The number of benzene rings is 2. The van der Waals surface area contributed by atoms with Gasteiger partial charge in [-0.1, -0.05) is 23.7 Å². The van der Waals surface area contributed by atoms with Crippen LogP contribution >= 0.6 is 11.6 Å². The minimum absolute atomic E-state index is 0.0942. The monoisotopic (exact) mass is 397 g/mol. The average molecular weight is 398 g/mol. The summed E-state index contributed by atoms with van der Waals surface area (Å²) in [5, 5.41) is 14.9. The van der Waals surface area contributed by atoms with Crippen LogP contribution in [0.25, 0.3) is 0 Å². The number of nitriles is 1. The molecule has 7 heteroatoms. The Balaban J connectivity index is 1.41. The predicted molar refractivity (Wildman–Crippen MR) is 105 cm³/mol. The molecule has 2 aromatic carbocycles. The van der Waals surface area contributed by atoms with Crippen LogP contribution in [0.5, 0.6) is 0 Å². The highest BCUT2D eigenvalue weighted by Crippen LogP contribution is 2.19. The SMILES string of the molecule is N#Cc1ccc(C(=O)NCC2COC(CNC(=O)c3ccccc3Cl)C2)cc1. The summed E-state index contributed by atoms with van der Waals surface area (Å²) in [6.07, 6.45) is 0.652. The number of amides is 2.